The van der Waals surface area contributed by atoms with Crippen molar-refractivity contribution < 1.29 is 9.90 Å². The molecule has 104 valence electrons. The van der Waals surface area contributed by atoms with Crippen LogP contribution in [-0.4, -0.2) is 30.1 Å². The third kappa shape index (κ3) is 4.04. The maximum atomic E-state index is 11.9. The predicted molar refractivity (Wildman–Crippen MR) is 74.8 cm³/mol. The molecule has 1 aliphatic rings. The van der Waals surface area contributed by atoms with E-state index in [0.29, 0.717) is 0 Å². The Kier molecular flexibility index (Phi) is 4.93. The van der Waals surface area contributed by atoms with Gasteiger partial charge >= 0.3 is 0 Å². The number of rotatable bonds is 4. The van der Waals surface area contributed by atoms with E-state index >= 15 is 0 Å². The minimum absolute atomic E-state index is 0.00846. The Morgan fingerprint density at radius 2 is 2.16 bits per heavy atom. The van der Waals surface area contributed by atoms with Gasteiger partial charge in [-0.25, -0.2) is 0 Å². The molecule has 0 bridgehead atoms. The molecule has 1 aromatic rings. The van der Waals surface area contributed by atoms with Crippen molar-refractivity contribution in [1.82, 2.24) is 10.6 Å². The summed E-state index contributed by atoms with van der Waals surface area (Å²) in [6.45, 7) is 3.17. The van der Waals surface area contributed by atoms with Gasteiger partial charge in [0.25, 0.3) is 0 Å². The first-order valence-corrected chi connectivity index (χ1v) is 6.92. The van der Waals surface area contributed by atoms with Gasteiger partial charge in [-0.3, -0.25) is 4.79 Å². The number of aliphatic hydroxyl groups excluding tert-OH is 1. The fourth-order valence-corrected chi connectivity index (χ4v) is 2.30. The molecule has 19 heavy (non-hydrogen) atoms. The van der Waals surface area contributed by atoms with Crippen molar-refractivity contribution in [3.8, 4) is 0 Å². The van der Waals surface area contributed by atoms with E-state index < -0.39 is 6.10 Å². The van der Waals surface area contributed by atoms with Crippen LogP contribution in [0, 0.1) is 6.92 Å². The number of amides is 1. The molecule has 0 saturated carbocycles. The predicted octanol–water partition coefficient (Wildman–Crippen LogP) is 1.29. The SMILES string of the molecule is Cc1ccc(C(O)CNC(=O)C2CCCCN2)cc1. The number of piperidine rings is 1. The lowest BCUT2D eigenvalue weighted by Gasteiger charge is -2.23. The maximum absolute atomic E-state index is 11.9. The zero-order chi connectivity index (χ0) is 13.7. The lowest BCUT2D eigenvalue weighted by atomic mass is 10.0. The molecule has 1 fully saturated rings. The minimum atomic E-state index is -0.645. The zero-order valence-electron chi connectivity index (χ0n) is 11.4. The zero-order valence-corrected chi connectivity index (χ0v) is 11.4. The molecule has 2 rings (SSSR count). The van der Waals surface area contributed by atoms with Crippen LogP contribution in [-0.2, 0) is 4.79 Å². The fourth-order valence-electron chi connectivity index (χ4n) is 2.30. The quantitative estimate of drug-likeness (QED) is 0.766. The Morgan fingerprint density at radius 3 is 2.79 bits per heavy atom. The Bertz CT molecular complexity index is 411. The standard InChI is InChI=1S/C15H22N2O2/c1-11-5-7-12(8-6-11)14(18)10-17-15(19)13-4-2-3-9-16-13/h5-8,13-14,16,18H,2-4,9-10H2,1H3,(H,17,19). The van der Waals surface area contributed by atoms with Gasteiger partial charge in [-0.05, 0) is 31.9 Å². The van der Waals surface area contributed by atoms with Crippen LogP contribution in [0.2, 0.25) is 0 Å². The van der Waals surface area contributed by atoms with Crippen molar-refractivity contribution in [2.45, 2.75) is 38.3 Å². The van der Waals surface area contributed by atoms with Crippen molar-refractivity contribution in [2.24, 2.45) is 0 Å². The number of hydrogen-bond donors (Lipinski definition) is 3. The van der Waals surface area contributed by atoms with Crippen LogP contribution in [0.25, 0.3) is 0 Å². The van der Waals surface area contributed by atoms with E-state index in [1.54, 1.807) is 0 Å². The van der Waals surface area contributed by atoms with Gasteiger partial charge < -0.3 is 15.7 Å². The van der Waals surface area contributed by atoms with Crippen LogP contribution in [0.1, 0.15) is 36.5 Å². The highest BCUT2D eigenvalue weighted by molar-refractivity contribution is 5.81. The lowest BCUT2D eigenvalue weighted by Crippen LogP contribution is -2.47. The highest BCUT2D eigenvalue weighted by atomic mass is 16.3. The van der Waals surface area contributed by atoms with E-state index in [1.165, 1.54) is 0 Å². The van der Waals surface area contributed by atoms with E-state index in [4.69, 9.17) is 0 Å². The molecule has 2 unspecified atom stereocenters. The van der Waals surface area contributed by atoms with Crippen LogP contribution >= 0.6 is 0 Å². The number of nitrogens with one attached hydrogen (secondary N) is 2. The van der Waals surface area contributed by atoms with Crippen molar-refractivity contribution >= 4 is 5.91 Å². The Balaban J connectivity index is 1.80. The van der Waals surface area contributed by atoms with Gasteiger partial charge in [-0.2, -0.15) is 0 Å². The van der Waals surface area contributed by atoms with Gasteiger partial charge in [-0.1, -0.05) is 36.2 Å². The van der Waals surface area contributed by atoms with Crippen molar-refractivity contribution in [3.63, 3.8) is 0 Å². The molecule has 1 saturated heterocycles. The number of carbonyl (C=O) groups is 1. The molecule has 1 heterocycles. The second-order valence-electron chi connectivity index (χ2n) is 5.17. The normalized spacial score (nSPS) is 20.8. The van der Waals surface area contributed by atoms with Gasteiger partial charge in [0.1, 0.15) is 0 Å². The van der Waals surface area contributed by atoms with Gasteiger partial charge in [-0.15, -0.1) is 0 Å². The average Bonchev–Trinajstić information content (AvgIpc) is 2.46. The molecule has 0 radical (unpaired) electrons. The Hall–Kier alpha value is -1.39. The molecule has 2 atom stereocenters. The molecule has 1 aromatic carbocycles. The smallest absolute Gasteiger partial charge is 0.237 e. The number of aryl methyl sites for hydroxylation is 1. The van der Waals surface area contributed by atoms with E-state index in [0.717, 1.165) is 36.9 Å². The topological polar surface area (TPSA) is 61.4 Å². The maximum Gasteiger partial charge on any atom is 0.237 e. The van der Waals surface area contributed by atoms with Gasteiger partial charge in [0, 0.05) is 6.54 Å². The summed E-state index contributed by atoms with van der Waals surface area (Å²) in [6.07, 6.45) is 2.46. The van der Waals surface area contributed by atoms with Crippen LogP contribution in [0.4, 0.5) is 0 Å². The molecular formula is C15H22N2O2. The Morgan fingerprint density at radius 1 is 1.42 bits per heavy atom. The summed E-state index contributed by atoms with van der Waals surface area (Å²) < 4.78 is 0. The lowest BCUT2D eigenvalue weighted by molar-refractivity contribution is -0.124. The van der Waals surface area contributed by atoms with Crippen LogP contribution in [0.5, 0.6) is 0 Å². The average molecular weight is 262 g/mol. The molecule has 0 aliphatic carbocycles. The summed E-state index contributed by atoms with van der Waals surface area (Å²) in [5.41, 5.74) is 1.99. The van der Waals surface area contributed by atoms with Gasteiger partial charge in [0.05, 0.1) is 12.1 Å². The first-order valence-electron chi connectivity index (χ1n) is 6.92. The summed E-state index contributed by atoms with van der Waals surface area (Å²) >= 11 is 0. The van der Waals surface area contributed by atoms with Crippen LogP contribution in [0.15, 0.2) is 24.3 Å². The largest absolute Gasteiger partial charge is 0.387 e. The molecule has 1 amide bonds. The van der Waals surface area contributed by atoms with E-state index in [-0.39, 0.29) is 18.5 Å². The van der Waals surface area contributed by atoms with Gasteiger partial charge in [0.15, 0.2) is 0 Å². The van der Waals surface area contributed by atoms with Crippen LogP contribution < -0.4 is 10.6 Å². The van der Waals surface area contributed by atoms with Gasteiger partial charge in [0.2, 0.25) is 5.91 Å². The summed E-state index contributed by atoms with van der Waals surface area (Å²) in [7, 11) is 0. The number of aliphatic hydroxyl groups is 1. The minimum Gasteiger partial charge on any atom is -0.387 e. The monoisotopic (exact) mass is 262 g/mol. The molecule has 0 spiro atoms. The molecule has 3 N–H and O–H groups in total. The number of benzene rings is 1. The summed E-state index contributed by atoms with van der Waals surface area (Å²) in [5, 5.41) is 16.0. The molecule has 4 nitrogen and oxygen atoms in total. The Labute approximate surface area is 114 Å². The number of carbonyl (C=O) groups excluding carboxylic acids is 1. The number of hydrogen-bond acceptors (Lipinski definition) is 3. The highest BCUT2D eigenvalue weighted by Gasteiger charge is 2.20. The van der Waals surface area contributed by atoms with Crippen molar-refractivity contribution in [3.05, 3.63) is 35.4 Å². The van der Waals surface area contributed by atoms with E-state index in [1.807, 2.05) is 31.2 Å². The van der Waals surface area contributed by atoms with E-state index in [9.17, 15) is 9.90 Å². The second kappa shape index (κ2) is 6.68. The summed E-state index contributed by atoms with van der Waals surface area (Å²) in [6, 6.07) is 7.61. The highest BCUT2D eigenvalue weighted by Crippen LogP contribution is 2.13. The van der Waals surface area contributed by atoms with Crippen molar-refractivity contribution in [1.29, 1.82) is 0 Å². The van der Waals surface area contributed by atoms with Crippen LogP contribution in [0.3, 0.4) is 0 Å². The third-order valence-corrected chi connectivity index (χ3v) is 3.56. The first-order chi connectivity index (χ1) is 9.16. The molecule has 1 aliphatic heterocycles. The molecule has 0 aromatic heterocycles. The molecule has 4 heteroatoms. The summed E-state index contributed by atoms with van der Waals surface area (Å²) in [4.78, 5) is 11.9. The second-order valence-corrected chi connectivity index (χ2v) is 5.17. The summed E-state index contributed by atoms with van der Waals surface area (Å²) in [5.74, 6) is -0.00846. The first kappa shape index (κ1) is 14.0. The molecular weight excluding hydrogens is 240 g/mol. The van der Waals surface area contributed by atoms with E-state index in [2.05, 4.69) is 10.6 Å². The fraction of sp³-hybridized carbons (Fsp3) is 0.533. The third-order valence-electron chi connectivity index (χ3n) is 3.56. The van der Waals surface area contributed by atoms with Crippen molar-refractivity contribution in [2.75, 3.05) is 13.1 Å².